The van der Waals surface area contributed by atoms with Crippen molar-refractivity contribution in [1.82, 2.24) is 10.2 Å². The highest BCUT2D eigenvalue weighted by molar-refractivity contribution is 9.10. The van der Waals surface area contributed by atoms with Crippen LogP contribution in [-0.2, 0) is 10.0 Å². The lowest BCUT2D eigenvalue weighted by atomic mass is 10.3. The van der Waals surface area contributed by atoms with Crippen molar-refractivity contribution in [2.45, 2.75) is 11.8 Å². The van der Waals surface area contributed by atoms with Crippen molar-refractivity contribution in [3.63, 3.8) is 0 Å². The summed E-state index contributed by atoms with van der Waals surface area (Å²) in [5, 5.41) is 6.75. The van der Waals surface area contributed by atoms with E-state index in [1.807, 2.05) is 0 Å². The number of H-pyrrole nitrogens is 1. The van der Waals surface area contributed by atoms with E-state index in [-0.39, 0.29) is 21.5 Å². The van der Waals surface area contributed by atoms with E-state index in [0.717, 1.165) is 5.69 Å². The summed E-state index contributed by atoms with van der Waals surface area (Å²) in [5.41, 5.74) is 0.738. The van der Waals surface area contributed by atoms with Crippen LogP contribution in [0.5, 0.6) is 5.75 Å². The zero-order chi connectivity index (χ0) is 14.9. The second-order valence-electron chi connectivity index (χ2n) is 3.96. The number of hydrogen-bond donors (Lipinski definition) is 2. The van der Waals surface area contributed by atoms with Crippen molar-refractivity contribution < 1.29 is 13.2 Å². The molecule has 0 amide bonds. The topological polar surface area (TPSA) is 84.1 Å². The van der Waals surface area contributed by atoms with Crippen LogP contribution >= 0.6 is 27.5 Å². The second kappa shape index (κ2) is 5.63. The summed E-state index contributed by atoms with van der Waals surface area (Å²) in [7, 11) is -2.48. The van der Waals surface area contributed by atoms with Crippen LogP contribution in [0.2, 0.25) is 5.02 Å². The predicted molar refractivity (Wildman–Crippen MR) is 79.8 cm³/mol. The molecule has 0 radical (unpaired) electrons. The SMILES string of the molecule is COc1c(Br)cc(Cl)cc1S(=O)(=O)Nc1cc(C)[nH]n1. The molecule has 0 fully saturated rings. The van der Waals surface area contributed by atoms with E-state index in [9.17, 15) is 8.42 Å². The fourth-order valence-electron chi connectivity index (χ4n) is 1.60. The molecule has 9 heteroatoms. The Labute approximate surface area is 129 Å². The molecule has 1 aromatic carbocycles. The van der Waals surface area contributed by atoms with Crippen LogP contribution in [0.15, 0.2) is 27.6 Å². The maximum atomic E-state index is 12.4. The molecule has 0 spiro atoms. The highest BCUT2D eigenvalue weighted by Gasteiger charge is 2.23. The summed E-state index contributed by atoms with van der Waals surface area (Å²) in [4.78, 5) is -0.0694. The van der Waals surface area contributed by atoms with Crippen LogP contribution in [0, 0.1) is 6.92 Å². The largest absolute Gasteiger partial charge is 0.494 e. The van der Waals surface area contributed by atoms with Crippen LogP contribution < -0.4 is 9.46 Å². The fourth-order valence-corrected chi connectivity index (χ4v) is 3.97. The van der Waals surface area contributed by atoms with Gasteiger partial charge in [-0.2, -0.15) is 5.10 Å². The third kappa shape index (κ3) is 3.08. The number of nitrogens with zero attached hydrogens (tertiary/aromatic N) is 1. The summed E-state index contributed by atoms with van der Waals surface area (Å²) in [5.74, 6) is 0.370. The molecule has 0 saturated heterocycles. The Bertz CT molecular complexity index is 745. The summed E-state index contributed by atoms with van der Waals surface area (Å²) in [6.07, 6.45) is 0. The molecule has 20 heavy (non-hydrogen) atoms. The van der Waals surface area contributed by atoms with Gasteiger partial charge < -0.3 is 4.74 Å². The number of sulfonamides is 1. The number of aromatic amines is 1. The van der Waals surface area contributed by atoms with Gasteiger partial charge in [-0.3, -0.25) is 9.82 Å². The molecule has 108 valence electrons. The van der Waals surface area contributed by atoms with Gasteiger partial charge in [-0.25, -0.2) is 8.42 Å². The van der Waals surface area contributed by atoms with E-state index >= 15 is 0 Å². The third-order valence-electron chi connectivity index (χ3n) is 2.41. The molecule has 1 heterocycles. The molecule has 0 aliphatic heterocycles. The van der Waals surface area contributed by atoms with Gasteiger partial charge >= 0.3 is 0 Å². The predicted octanol–water partition coefficient (Wildman–Crippen LogP) is 2.94. The van der Waals surface area contributed by atoms with Crippen molar-refractivity contribution in [2.24, 2.45) is 0 Å². The third-order valence-corrected chi connectivity index (χ3v) is 4.58. The Kier molecular flexibility index (Phi) is 4.26. The maximum Gasteiger partial charge on any atom is 0.266 e. The monoisotopic (exact) mass is 379 g/mol. The first-order valence-corrected chi connectivity index (χ1v) is 8.07. The molecule has 0 bridgehead atoms. The number of methoxy groups -OCH3 is 1. The molecule has 6 nitrogen and oxygen atoms in total. The molecule has 0 aliphatic rings. The molecule has 1 aromatic heterocycles. The fraction of sp³-hybridized carbons (Fsp3) is 0.182. The van der Waals surface area contributed by atoms with Gasteiger partial charge in [0.1, 0.15) is 4.90 Å². The average molecular weight is 381 g/mol. The van der Waals surface area contributed by atoms with Crippen LogP contribution in [0.25, 0.3) is 0 Å². The molecule has 0 saturated carbocycles. The van der Waals surface area contributed by atoms with E-state index in [0.29, 0.717) is 4.47 Å². The van der Waals surface area contributed by atoms with Gasteiger partial charge in [-0.15, -0.1) is 0 Å². The van der Waals surface area contributed by atoms with E-state index in [4.69, 9.17) is 16.3 Å². The van der Waals surface area contributed by atoms with Gasteiger partial charge in [-0.05, 0) is 35.0 Å². The molecule has 2 rings (SSSR count). The summed E-state index contributed by atoms with van der Waals surface area (Å²) >= 11 is 9.11. The number of halogens is 2. The summed E-state index contributed by atoms with van der Waals surface area (Å²) in [6.45, 7) is 1.77. The zero-order valence-corrected chi connectivity index (χ0v) is 13.7. The zero-order valence-electron chi connectivity index (χ0n) is 10.6. The normalized spacial score (nSPS) is 11.4. The molecule has 0 unspecified atom stereocenters. The van der Waals surface area contributed by atoms with Crippen LogP contribution in [0.3, 0.4) is 0 Å². The lowest BCUT2D eigenvalue weighted by molar-refractivity contribution is 0.400. The van der Waals surface area contributed by atoms with Gasteiger partial charge in [-0.1, -0.05) is 11.6 Å². The number of nitrogens with one attached hydrogen (secondary N) is 2. The Balaban J connectivity index is 2.49. The Hall–Kier alpha value is -1.25. The molecular weight excluding hydrogens is 370 g/mol. The van der Waals surface area contributed by atoms with E-state index in [2.05, 4.69) is 30.8 Å². The van der Waals surface area contributed by atoms with Gasteiger partial charge in [0.05, 0.1) is 11.6 Å². The first-order chi connectivity index (χ1) is 9.33. The molecule has 2 N–H and O–H groups in total. The molecule has 0 aliphatic carbocycles. The van der Waals surface area contributed by atoms with Crippen LogP contribution in [-0.4, -0.2) is 25.7 Å². The lowest BCUT2D eigenvalue weighted by Gasteiger charge is -2.12. The standard InChI is InChI=1S/C11H11BrClN3O3S/c1-6-3-10(15-14-6)16-20(17,18)9-5-7(13)4-8(12)11(9)19-2/h3-5H,1-2H3,(H2,14,15,16). The Morgan fingerprint density at radius 2 is 2.10 bits per heavy atom. The minimum absolute atomic E-state index is 0.0694. The van der Waals surface area contributed by atoms with E-state index in [1.54, 1.807) is 19.1 Å². The van der Waals surface area contributed by atoms with Crippen molar-refractivity contribution in [3.05, 3.63) is 33.4 Å². The second-order valence-corrected chi connectivity index (χ2v) is 6.90. The number of hydrogen-bond acceptors (Lipinski definition) is 4. The number of anilines is 1. The lowest BCUT2D eigenvalue weighted by Crippen LogP contribution is -2.14. The van der Waals surface area contributed by atoms with Gasteiger partial charge in [0.25, 0.3) is 10.0 Å². The smallest absolute Gasteiger partial charge is 0.266 e. The van der Waals surface area contributed by atoms with Crippen LogP contribution in [0.4, 0.5) is 5.82 Å². The van der Waals surface area contributed by atoms with Crippen LogP contribution in [0.1, 0.15) is 5.69 Å². The molecular formula is C11H11BrClN3O3S. The quantitative estimate of drug-likeness (QED) is 0.854. The summed E-state index contributed by atoms with van der Waals surface area (Å²) < 4.78 is 32.7. The van der Waals surface area contributed by atoms with Crippen molar-refractivity contribution >= 4 is 43.4 Å². The number of benzene rings is 1. The highest BCUT2D eigenvalue weighted by Crippen LogP contribution is 2.36. The molecule has 2 aromatic rings. The van der Waals surface area contributed by atoms with Crippen molar-refractivity contribution in [3.8, 4) is 5.75 Å². The Morgan fingerprint density at radius 1 is 1.40 bits per heavy atom. The van der Waals surface area contributed by atoms with Gasteiger partial charge in [0.15, 0.2) is 11.6 Å². The van der Waals surface area contributed by atoms with Crippen molar-refractivity contribution in [1.29, 1.82) is 0 Å². The maximum absolute atomic E-state index is 12.4. The first-order valence-electron chi connectivity index (χ1n) is 5.41. The number of aryl methyl sites for hydroxylation is 1. The van der Waals surface area contributed by atoms with E-state index < -0.39 is 10.0 Å². The van der Waals surface area contributed by atoms with Crippen molar-refractivity contribution in [2.75, 3.05) is 11.8 Å². The van der Waals surface area contributed by atoms with E-state index in [1.165, 1.54) is 13.2 Å². The molecule has 0 atom stereocenters. The average Bonchev–Trinajstić information content (AvgIpc) is 2.73. The number of rotatable bonds is 4. The number of aromatic nitrogens is 2. The van der Waals surface area contributed by atoms with Gasteiger partial charge in [0, 0.05) is 16.8 Å². The minimum Gasteiger partial charge on any atom is -0.494 e. The minimum atomic E-state index is -3.86. The first kappa shape index (κ1) is 15.1. The van der Waals surface area contributed by atoms with Gasteiger partial charge in [0.2, 0.25) is 0 Å². The summed E-state index contributed by atoms with van der Waals surface area (Å²) in [6, 6.07) is 4.44. The Morgan fingerprint density at radius 3 is 2.65 bits per heavy atom. The number of ether oxygens (including phenoxy) is 1. The highest BCUT2D eigenvalue weighted by atomic mass is 79.9.